The third-order valence-electron chi connectivity index (χ3n) is 3.58. The van der Waals surface area contributed by atoms with E-state index in [0.717, 1.165) is 48.5 Å². The highest BCUT2D eigenvalue weighted by atomic mass is 79.9. The van der Waals surface area contributed by atoms with Crippen molar-refractivity contribution in [3.63, 3.8) is 0 Å². The van der Waals surface area contributed by atoms with E-state index in [1.807, 2.05) is 23.6 Å². The van der Waals surface area contributed by atoms with Crippen LogP contribution >= 0.6 is 15.9 Å². The second-order valence-corrected chi connectivity index (χ2v) is 5.83. The van der Waals surface area contributed by atoms with Gasteiger partial charge in [0.05, 0.1) is 22.4 Å². The van der Waals surface area contributed by atoms with Crippen molar-refractivity contribution in [2.24, 2.45) is 0 Å². The summed E-state index contributed by atoms with van der Waals surface area (Å²) in [6.45, 7) is 8.01. The molecule has 0 radical (unpaired) electrons. The molecule has 19 heavy (non-hydrogen) atoms. The van der Waals surface area contributed by atoms with E-state index in [1.165, 1.54) is 0 Å². The van der Waals surface area contributed by atoms with Gasteiger partial charge in [0.1, 0.15) is 0 Å². The molecule has 6 heteroatoms. The van der Waals surface area contributed by atoms with Crippen LogP contribution in [0.2, 0.25) is 0 Å². The zero-order chi connectivity index (χ0) is 14.0. The molecule has 0 atom stereocenters. The number of carbonyl (C=O) groups is 1. The molecule has 0 aliphatic carbocycles. The predicted octanol–water partition coefficient (Wildman–Crippen LogP) is 1.64. The van der Waals surface area contributed by atoms with E-state index in [2.05, 4.69) is 32.9 Å². The van der Waals surface area contributed by atoms with E-state index < -0.39 is 0 Å². The zero-order valence-corrected chi connectivity index (χ0v) is 13.4. The number of nitrogens with zero attached hydrogens (tertiary/aromatic N) is 4. The van der Waals surface area contributed by atoms with Crippen LogP contribution < -0.4 is 0 Å². The summed E-state index contributed by atoms with van der Waals surface area (Å²) in [6.07, 6.45) is 1.03. The van der Waals surface area contributed by atoms with Gasteiger partial charge >= 0.3 is 0 Å². The summed E-state index contributed by atoms with van der Waals surface area (Å²) in [5.41, 5.74) is 2.17. The lowest BCUT2D eigenvalue weighted by Gasteiger charge is -2.20. The highest BCUT2D eigenvalue weighted by Crippen LogP contribution is 2.23. The molecule has 0 saturated carbocycles. The Kier molecular flexibility index (Phi) is 4.62. The van der Waals surface area contributed by atoms with Gasteiger partial charge < -0.3 is 4.90 Å². The number of hydrogen-bond donors (Lipinski definition) is 0. The fraction of sp³-hybridized carbons (Fsp3) is 0.692. The molecule has 0 unspecified atom stereocenters. The molecule has 2 rings (SSSR count). The van der Waals surface area contributed by atoms with E-state index in [1.54, 1.807) is 0 Å². The molecule has 1 fully saturated rings. The molecule has 0 spiro atoms. The number of aryl methyl sites for hydroxylation is 2. The van der Waals surface area contributed by atoms with Gasteiger partial charge in [0.25, 0.3) is 0 Å². The fourth-order valence-electron chi connectivity index (χ4n) is 2.41. The minimum atomic E-state index is 0.202. The SMILES string of the molecule is CCn1nc(C)c(Br)c1CN1CCCN(C)C(=O)C1. The van der Waals surface area contributed by atoms with Gasteiger partial charge in [-0.2, -0.15) is 5.10 Å². The Morgan fingerprint density at radius 1 is 1.37 bits per heavy atom. The lowest BCUT2D eigenvalue weighted by Crippen LogP contribution is -2.34. The van der Waals surface area contributed by atoms with Crippen LogP contribution in [-0.2, 0) is 17.9 Å². The Bertz CT molecular complexity index is 471. The molecule has 1 aromatic heterocycles. The van der Waals surface area contributed by atoms with Crippen LogP contribution in [0.15, 0.2) is 4.47 Å². The van der Waals surface area contributed by atoms with Crippen molar-refractivity contribution in [1.29, 1.82) is 0 Å². The van der Waals surface area contributed by atoms with Gasteiger partial charge in [-0.15, -0.1) is 0 Å². The highest BCUT2D eigenvalue weighted by molar-refractivity contribution is 9.10. The van der Waals surface area contributed by atoms with Crippen molar-refractivity contribution in [3.8, 4) is 0 Å². The van der Waals surface area contributed by atoms with Crippen LogP contribution in [0.4, 0.5) is 0 Å². The maximum absolute atomic E-state index is 11.9. The molecule has 0 N–H and O–H groups in total. The predicted molar refractivity (Wildman–Crippen MR) is 77.9 cm³/mol. The van der Waals surface area contributed by atoms with Crippen LogP contribution in [0.5, 0.6) is 0 Å². The maximum atomic E-state index is 11.9. The number of hydrogen-bond acceptors (Lipinski definition) is 3. The molecule has 1 aliphatic rings. The largest absolute Gasteiger partial charge is 0.345 e. The third-order valence-corrected chi connectivity index (χ3v) is 4.61. The van der Waals surface area contributed by atoms with Crippen LogP contribution in [0, 0.1) is 6.92 Å². The first-order valence-corrected chi connectivity index (χ1v) is 7.50. The molecule has 1 aromatic rings. The highest BCUT2D eigenvalue weighted by Gasteiger charge is 2.21. The summed E-state index contributed by atoms with van der Waals surface area (Å²) in [6, 6.07) is 0. The molecule has 2 heterocycles. The zero-order valence-electron chi connectivity index (χ0n) is 11.8. The van der Waals surface area contributed by atoms with E-state index in [4.69, 9.17) is 0 Å². The van der Waals surface area contributed by atoms with Gasteiger partial charge in [-0.25, -0.2) is 0 Å². The number of likely N-dealkylation sites (N-methyl/N-ethyl adjacent to an activating group) is 1. The monoisotopic (exact) mass is 328 g/mol. The topological polar surface area (TPSA) is 41.4 Å². The number of aromatic nitrogens is 2. The van der Waals surface area contributed by atoms with E-state index in [0.29, 0.717) is 6.54 Å². The molecule has 1 aliphatic heterocycles. The summed E-state index contributed by atoms with van der Waals surface area (Å²) in [4.78, 5) is 15.9. The number of halogens is 1. The Morgan fingerprint density at radius 2 is 2.11 bits per heavy atom. The van der Waals surface area contributed by atoms with Gasteiger partial charge in [0, 0.05) is 33.2 Å². The van der Waals surface area contributed by atoms with Crippen molar-refractivity contribution in [2.75, 3.05) is 26.7 Å². The van der Waals surface area contributed by atoms with Crippen molar-refractivity contribution < 1.29 is 4.79 Å². The minimum Gasteiger partial charge on any atom is -0.345 e. The lowest BCUT2D eigenvalue weighted by molar-refractivity contribution is -0.130. The molecule has 106 valence electrons. The van der Waals surface area contributed by atoms with E-state index in [9.17, 15) is 4.79 Å². The molecule has 1 amide bonds. The van der Waals surface area contributed by atoms with Crippen LogP contribution in [0.3, 0.4) is 0 Å². The first-order chi connectivity index (χ1) is 9.02. The van der Waals surface area contributed by atoms with Gasteiger partial charge in [0.2, 0.25) is 5.91 Å². The lowest BCUT2D eigenvalue weighted by atomic mass is 10.3. The Hall–Kier alpha value is -0.880. The molecular weight excluding hydrogens is 308 g/mol. The normalized spacial score (nSPS) is 17.9. The molecular formula is C13H21BrN4O. The first kappa shape index (κ1) is 14.5. The quantitative estimate of drug-likeness (QED) is 0.847. The van der Waals surface area contributed by atoms with Crippen LogP contribution in [0.1, 0.15) is 24.7 Å². The third kappa shape index (κ3) is 3.17. The van der Waals surface area contributed by atoms with Gasteiger partial charge in [0.15, 0.2) is 0 Å². The first-order valence-electron chi connectivity index (χ1n) is 6.71. The second-order valence-electron chi connectivity index (χ2n) is 5.04. The van der Waals surface area contributed by atoms with Gasteiger partial charge in [-0.05, 0) is 36.2 Å². The summed E-state index contributed by atoms with van der Waals surface area (Å²) in [5, 5.41) is 4.50. The smallest absolute Gasteiger partial charge is 0.236 e. The average Bonchev–Trinajstić information content (AvgIpc) is 2.55. The van der Waals surface area contributed by atoms with Gasteiger partial charge in [-0.3, -0.25) is 14.4 Å². The van der Waals surface area contributed by atoms with Crippen LogP contribution in [0.25, 0.3) is 0 Å². The standard InChI is InChI=1S/C13H21BrN4O/c1-4-18-11(13(14)10(2)15-18)8-17-7-5-6-16(3)12(19)9-17/h4-9H2,1-3H3. The van der Waals surface area contributed by atoms with Crippen molar-refractivity contribution in [2.45, 2.75) is 33.4 Å². The molecule has 0 bridgehead atoms. The minimum absolute atomic E-state index is 0.202. The number of rotatable bonds is 3. The van der Waals surface area contributed by atoms with Crippen molar-refractivity contribution in [1.82, 2.24) is 19.6 Å². The second kappa shape index (κ2) is 6.05. The summed E-state index contributed by atoms with van der Waals surface area (Å²) in [5.74, 6) is 0.202. The Labute approximate surface area is 122 Å². The molecule has 5 nitrogen and oxygen atoms in total. The summed E-state index contributed by atoms with van der Waals surface area (Å²) < 4.78 is 3.08. The van der Waals surface area contributed by atoms with Crippen LogP contribution in [-0.4, -0.2) is 52.2 Å². The maximum Gasteiger partial charge on any atom is 0.236 e. The molecule has 0 aromatic carbocycles. The summed E-state index contributed by atoms with van der Waals surface area (Å²) >= 11 is 3.61. The van der Waals surface area contributed by atoms with Gasteiger partial charge in [-0.1, -0.05) is 0 Å². The van der Waals surface area contributed by atoms with E-state index in [-0.39, 0.29) is 5.91 Å². The Balaban J connectivity index is 2.14. The van der Waals surface area contributed by atoms with E-state index >= 15 is 0 Å². The molecule has 1 saturated heterocycles. The van der Waals surface area contributed by atoms with Crippen molar-refractivity contribution in [3.05, 3.63) is 15.9 Å². The summed E-state index contributed by atoms with van der Waals surface area (Å²) in [7, 11) is 1.88. The number of carbonyl (C=O) groups excluding carboxylic acids is 1. The average molecular weight is 329 g/mol. The fourth-order valence-corrected chi connectivity index (χ4v) is 2.82. The van der Waals surface area contributed by atoms with Crippen molar-refractivity contribution >= 4 is 21.8 Å². The number of amides is 1. The Morgan fingerprint density at radius 3 is 2.79 bits per heavy atom.